The van der Waals surface area contributed by atoms with Crippen molar-refractivity contribution in [3.8, 4) is 22.6 Å². The largest absolute Gasteiger partial charge is 0.497 e. The van der Waals surface area contributed by atoms with Gasteiger partial charge < -0.3 is 10.1 Å². The predicted molar refractivity (Wildman–Crippen MR) is 126 cm³/mol. The molecule has 1 heterocycles. The van der Waals surface area contributed by atoms with Crippen LogP contribution in [0.25, 0.3) is 16.8 Å². The minimum atomic E-state index is -0.384. The molecule has 0 unspecified atom stereocenters. The highest BCUT2D eigenvalue weighted by atomic mass is 35.5. The van der Waals surface area contributed by atoms with Gasteiger partial charge >= 0.3 is 0 Å². The van der Waals surface area contributed by atoms with E-state index in [4.69, 9.17) is 16.3 Å². The van der Waals surface area contributed by atoms with E-state index in [2.05, 4.69) is 10.4 Å². The SMILES string of the molecule is COc1ccc(C(=O)Nc2c(-c3ccccc3)c(=O)c(C)nn2-c2cccc(Cl)c2)cc1. The normalized spacial score (nSPS) is 10.6. The topological polar surface area (TPSA) is 73.2 Å². The molecule has 0 fully saturated rings. The third-order valence-corrected chi connectivity index (χ3v) is 5.19. The van der Waals surface area contributed by atoms with Crippen LogP contribution in [0, 0.1) is 6.92 Å². The molecule has 1 amide bonds. The number of carbonyl (C=O) groups is 1. The van der Waals surface area contributed by atoms with Gasteiger partial charge in [0.05, 0.1) is 18.4 Å². The first-order chi connectivity index (χ1) is 15.5. The molecule has 160 valence electrons. The number of aromatic nitrogens is 2. The summed E-state index contributed by atoms with van der Waals surface area (Å²) in [4.78, 5) is 26.3. The number of hydrogen-bond acceptors (Lipinski definition) is 4. The van der Waals surface area contributed by atoms with E-state index in [1.807, 2.05) is 30.3 Å². The van der Waals surface area contributed by atoms with Gasteiger partial charge in [-0.1, -0.05) is 48.0 Å². The van der Waals surface area contributed by atoms with Gasteiger partial charge in [0.2, 0.25) is 5.43 Å². The molecule has 0 spiro atoms. The van der Waals surface area contributed by atoms with Crippen molar-refractivity contribution in [2.24, 2.45) is 0 Å². The molecule has 0 aliphatic heterocycles. The van der Waals surface area contributed by atoms with Crippen molar-refractivity contribution in [1.29, 1.82) is 0 Å². The van der Waals surface area contributed by atoms with Crippen LogP contribution in [0.2, 0.25) is 5.02 Å². The summed E-state index contributed by atoms with van der Waals surface area (Å²) < 4.78 is 6.70. The van der Waals surface area contributed by atoms with E-state index in [1.54, 1.807) is 62.6 Å². The van der Waals surface area contributed by atoms with E-state index in [-0.39, 0.29) is 17.2 Å². The number of nitrogens with one attached hydrogen (secondary N) is 1. The van der Waals surface area contributed by atoms with Crippen LogP contribution in [-0.4, -0.2) is 22.8 Å². The Morgan fingerprint density at radius 3 is 2.38 bits per heavy atom. The maximum absolute atomic E-state index is 13.2. The number of methoxy groups -OCH3 is 1. The van der Waals surface area contributed by atoms with Gasteiger partial charge in [0, 0.05) is 10.6 Å². The number of carbonyl (C=O) groups excluding carboxylic acids is 1. The second-order valence-corrected chi connectivity index (χ2v) is 7.51. The first kappa shape index (κ1) is 21.3. The first-order valence-corrected chi connectivity index (χ1v) is 10.3. The molecular formula is C25H20ClN3O3. The van der Waals surface area contributed by atoms with Crippen LogP contribution in [0.15, 0.2) is 83.7 Å². The molecule has 0 bridgehead atoms. The summed E-state index contributed by atoms with van der Waals surface area (Å²) in [7, 11) is 1.56. The predicted octanol–water partition coefficient (Wildman–Crippen LogP) is 5.12. The molecular weight excluding hydrogens is 426 g/mol. The van der Waals surface area contributed by atoms with Crippen molar-refractivity contribution in [3.05, 3.63) is 105 Å². The molecule has 0 radical (unpaired) electrons. The standard InChI is InChI=1S/C25H20ClN3O3/c1-16-23(30)22(17-7-4-3-5-8-17)24(29(28-16)20-10-6-9-19(26)15-20)27-25(31)18-11-13-21(32-2)14-12-18/h3-15H,1-2H3,(H,27,31). The second-order valence-electron chi connectivity index (χ2n) is 7.08. The molecule has 0 aliphatic carbocycles. The zero-order valence-electron chi connectivity index (χ0n) is 17.5. The van der Waals surface area contributed by atoms with E-state index in [0.717, 1.165) is 0 Å². The Bertz CT molecular complexity index is 1330. The molecule has 1 aromatic heterocycles. The van der Waals surface area contributed by atoms with Crippen LogP contribution in [0.5, 0.6) is 5.75 Å². The average molecular weight is 446 g/mol. The zero-order valence-corrected chi connectivity index (χ0v) is 18.3. The number of anilines is 1. The number of halogens is 1. The van der Waals surface area contributed by atoms with E-state index < -0.39 is 0 Å². The highest BCUT2D eigenvalue weighted by Gasteiger charge is 2.21. The van der Waals surface area contributed by atoms with E-state index >= 15 is 0 Å². The van der Waals surface area contributed by atoms with Gasteiger partial charge in [0.15, 0.2) is 0 Å². The van der Waals surface area contributed by atoms with Crippen LogP contribution >= 0.6 is 11.6 Å². The summed E-state index contributed by atoms with van der Waals surface area (Å²) >= 11 is 6.20. The van der Waals surface area contributed by atoms with E-state index in [1.165, 1.54) is 4.68 Å². The molecule has 0 saturated heterocycles. The van der Waals surface area contributed by atoms with Crippen molar-refractivity contribution in [2.45, 2.75) is 6.92 Å². The van der Waals surface area contributed by atoms with E-state index in [9.17, 15) is 9.59 Å². The Hall–Kier alpha value is -3.90. The Morgan fingerprint density at radius 2 is 1.72 bits per heavy atom. The number of amides is 1. The van der Waals surface area contributed by atoms with Crippen molar-refractivity contribution in [2.75, 3.05) is 12.4 Å². The highest BCUT2D eigenvalue weighted by molar-refractivity contribution is 6.30. The molecule has 6 nitrogen and oxygen atoms in total. The number of aryl methyl sites for hydroxylation is 1. The summed E-state index contributed by atoms with van der Waals surface area (Å²) in [5.41, 5.74) is 2.08. The zero-order chi connectivity index (χ0) is 22.7. The number of benzene rings is 3. The maximum Gasteiger partial charge on any atom is 0.256 e. The monoisotopic (exact) mass is 445 g/mol. The van der Waals surface area contributed by atoms with Crippen LogP contribution in [0.4, 0.5) is 5.82 Å². The first-order valence-electron chi connectivity index (χ1n) is 9.88. The Balaban J connectivity index is 1.92. The molecule has 32 heavy (non-hydrogen) atoms. The van der Waals surface area contributed by atoms with Crippen molar-refractivity contribution in [3.63, 3.8) is 0 Å². The number of rotatable bonds is 5. The Kier molecular flexibility index (Phi) is 6.05. The fraction of sp³-hybridized carbons (Fsp3) is 0.0800. The van der Waals surface area contributed by atoms with Crippen LogP contribution < -0.4 is 15.5 Å². The lowest BCUT2D eigenvalue weighted by atomic mass is 10.0. The summed E-state index contributed by atoms with van der Waals surface area (Å²) in [6.07, 6.45) is 0. The lowest BCUT2D eigenvalue weighted by Crippen LogP contribution is -2.25. The number of nitrogens with zero attached hydrogens (tertiary/aromatic N) is 2. The summed E-state index contributed by atoms with van der Waals surface area (Å²) in [6.45, 7) is 1.64. The van der Waals surface area contributed by atoms with Crippen molar-refractivity contribution in [1.82, 2.24) is 9.78 Å². The quantitative estimate of drug-likeness (QED) is 0.462. The molecule has 4 rings (SSSR count). The minimum absolute atomic E-state index is 0.259. The third-order valence-electron chi connectivity index (χ3n) is 4.95. The molecule has 3 aromatic carbocycles. The Morgan fingerprint density at radius 1 is 1.00 bits per heavy atom. The summed E-state index contributed by atoms with van der Waals surface area (Å²) in [5, 5.41) is 7.86. The van der Waals surface area contributed by atoms with Gasteiger partial charge in [-0.15, -0.1) is 0 Å². The molecule has 1 N–H and O–H groups in total. The minimum Gasteiger partial charge on any atom is -0.497 e. The third kappa shape index (κ3) is 4.26. The van der Waals surface area contributed by atoms with Gasteiger partial charge in [-0.25, -0.2) is 4.68 Å². The van der Waals surface area contributed by atoms with Gasteiger partial charge in [0.1, 0.15) is 17.3 Å². The number of ether oxygens (including phenoxy) is 1. The van der Waals surface area contributed by atoms with Crippen LogP contribution in [0.3, 0.4) is 0 Å². The van der Waals surface area contributed by atoms with Gasteiger partial charge in [-0.3, -0.25) is 9.59 Å². The lowest BCUT2D eigenvalue weighted by molar-refractivity contribution is 0.102. The molecule has 0 saturated carbocycles. The smallest absolute Gasteiger partial charge is 0.256 e. The van der Waals surface area contributed by atoms with Crippen molar-refractivity contribution < 1.29 is 9.53 Å². The summed E-state index contributed by atoms with van der Waals surface area (Å²) in [5.74, 6) is 0.514. The van der Waals surface area contributed by atoms with Gasteiger partial charge in [-0.05, 0) is 55.0 Å². The van der Waals surface area contributed by atoms with Gasteiger partial charge in [0.25, 0.3) is 5.91 Å². The number of hydrogen-bond donors (Lipinski definition) is 1. The molecule has 7 heteroatoms. The summed E-state index contributed by atoms with van der Waals surface area (Å²) in [6, 6.07) is 22.9. The van der Waals surface area contributed by atoms with Gasteiger partial charge in [-0.2, -0.15) is 5.10 Å². The Labute approximate surface area is 190 Å². The molecule has 4 aromatic rings. The van der Waals surface area contributed by atoms with Crippen LogP contribution in [0.1, 0.15) is 16.1 Å². The van der Waals surface area contributed by atoms with Crippen LogP contribution in [-0.2, 0) is 0 Å². The lowest BCUT2D eigenvalue weighted by Gasteiger charge is -2.18. The second kappa shape index (κ2) is 9.08. The fourth-order valence-electron chi connectivity index (χ4n) is 3.34. The van der Waals surface area contributed by atoms with E-state index in [0.29, 0.717) is 38.8 Å². The maximum atomic E-state index is 13.2. The average Bonchev–Trinajstić information content (AvgIpc) is 2.82. The molecule has 0 atom stereocenters. The highest BCUT2D eigenvalue weighted by Crippen LogP contribution is 2.28. The molecule has 0 aliphatic rings. The fourth-order valence-corrected chi connectivity index (χ4v) is 3.53. The van der Waals surface area contributed by atoms with Crippen molar-refractivity contribution >= 4 is 23.3 Å².